The van der Waals surface area contributed by atoms with E-state index in [1.165, 1.54) is 11.1 Å². The van der Waals surface area contributed by atoms with Gasteiger partial charge in [-0.3, -0.25) is 4.90 Å². The van der Waals surface area contributed by atoms with Crippen molar-refractivity contribution >= 4 is 11.7 Å². The standard InChI is InChI=1S/C18H21N3O/c22-18(20-17-8-2-1-3-9-17)19-11-13-21-12-10-15-6-4-5-7-16(15)14-21/h1-9H,10-14H2,(H2,19,20,22). The first kappa shape index (κ1) is 14.6. The number of hydrogen-bond acceptors (Lipinski definition) is 2. The van der Waals surface area contributed by atoms with Crippen LogP contribution in [-0.2, 0) is 13.0 Å². The summed E-state index contributed by atoms with van der Waals surface area (Å²) in [4.78, 5) is 14.2. The lowest BCUT2D eigenvalue weighted by atomic mass is 10.00. The van der Waals surface area contributed by atoms with Crippen molar-refractivity contribution in [3.05, 3.63) is 65.7 Å². The van der Waals surface area contributed by atoms with Gasteiger partial charge < -0.3 is 10.6 Å². The van der Waals surface area contributed by atoms with Crippen LogP contribution in [-0.4, -0.2) is 30.6 Å². The zero-order valence-corrected chi connectivity index (χ0v) is 12.6. The van der Waals surface area contributed by atoms with Crippen LogP contribution in [0.5, 0.6) is 0 Å². The minimum absolute atomic E-state index is 0.149. The maximum absolute atomic E-state index is 11.8. The molecule has 1 aliphatic heterocycles. The minimum atomic E-state index is -0.149. The number of rotatable bonds is 4. The van der Waals surface area contributed by atoms with Crippen molar-refractivity contribution in [1.29, 1.82) is 0 Å². The molecule has 2 aromatic carbocycles. The number of carbonyl (C=O) groups excluding carboxylic acids is 1. The third kappa shape index (κ3) is 3.86. The average Bonchev–Trinajstić information content (AvgIpc) is 2.55. The molecule has 4 nitrogen and oxygen atoms in total. The summed E-state index contributed by atoms with van der Waals surface area (Å²) in [6.07, 6.45) is 1.09. The molecule has 0 aliphatic carbocycles. The molecule has 0 spiro atoms. The number of nitrogens with zero attached hydrogens (tertiary/aromatic N) is 1. The number of urea groups is 1. The Morgan fingerprint density at radius 2 is 1.73 bits per heavy atom. The highest BCUT2D eigenvalue weighted by Crippen LogP contribution is 2.17. The molecule has 2 amide bonds. The van der Waals surface area contributed by atoms with Crippen LogP contribution in [0.4, 0.5) is 10.5 Å². The van der Waals surface area contributed by atoms with Gasteiger partial charge in [-0.05, 0) is 29.7 Å². The van der Waals surface area contributed by atoms with Gasteiger partial charge in [-0.25, -0.2) is 4.79 Å². The van der Waals surface area contributed by atoms with Crippen molar-refractivity contribution in [2.24, 2.45) is 0 Å². The molecule has 0 fully saturated rings. The van der Waals surface area contributed by atoms with Crippen molar-refractivity contribution < 1.29 is 4.79 Å². The molecular weight excluding hydrogens is 274 g/mol. The Morgan fingerprint density at radius 1 is 1.00 bits per heavy atom. The molecular formula is C18H21N3O. The molecule has 114 valence electrons. The highest BCUT2D eigenvalue weighted by molar-refractivity contribution is 5.89. The Morgan fingerprint density at radius 3 is 2.55 bits per heavy atom. The van der Waals surface area contributed by atoms with Crippen LogP contribution >= 0.6 is 0 Å². The van der Waals surface area contributed by atoms with Crippen LogP contribution in [0.15, 0.2) is 54.6 Å². The Balaban J connectivity index is 1.41. The maximum atomic E-state index is 11.8. The van der Waals surface area contributed by atoms with Crippen molar-refractivity contribution in [2.75, 3.05) is 25.0 Å². The third-order valence-corrected chi connectivity index (χ3v) is 3.95. The minimum Gasteiger partial charge on any atom is -0.337 e. The normalized spacial score (nSPS) is 14.2. The Kier molecular flexibility index (Phi) is 4.71. The Labute approximate surface area is 131 Å². The van der Waals surface area contributed by atoms with Gasteiger partial charge in [0.25, 0.3) is 0 Å². The van der Waals surface area contributed by atoms with E-state index in [0.717, 1.165) is 31.7 Å². The van der Waals surface area contributed by atoms with E-state index in [9.17, 15) is 4.79 Å². The van der Waals surface area contributed by atoms with Crippen molar-refractivity contribution in [2.45, 2.75) is 13.0 Å². The lowest BCUT2D eigenvalue weighted by Crippen LogP contribution is -2.39. The predicted molar refractivity (Wildman–Crippen MR) is 88.9 cm³/mol. The second-order valence-electron chi connectivity index (χ2n) is 5.54. The van der Waals surface area contributed by atoms with Crippen LogP contribution < -0.4 is 10.6 Å². The number of para-hydroxylation sites is 1. The molecule has 1 heterocycles. The van der Waals surface area contributed by atoms with E-state index in [1.807, 2.05) is 30.3 Å². The first-order valence-electron chi connectivity index (χ1n) is 7.70. The molecule has 2 aromatic rings. The van der Waals surface area contributed by atoms with Gasteiger partial charge in [0, 0.05) is 31.9 Å². The van der Waals surface area contributed by atoms with Crippen LogP contribution in [0.25, 0.3) is 0 Å². The topological polar surface area (TPSA) is 44.4 Å². The molecule has 4 heteroatoms. The van der Waals surface area contributed by atoms with E-state index >= 15 is 0 Å². The molecule has 0 radical (unpaired) electrons. The summed E-state index contributed by atoms with van der Waals surface area (Å²) in [5.74, 6) is 0. The zero-order chi connectivity index (χ0) is 15.2. The zero-order valence-electron chi connectivity index (χ0n) is 12.6. The van der Waals surface area contributed by atoms with Crippen LogP contribution in [0.1, 0.15) is 11.1 Å². The fraction of sp³-hybridized carbons (Fsp3) is 0.278. The number of hydrogen-bond donors (Lipinski definition) is 2. The van der Waals surface area contributed by atoms with Crippen LogP contribution in [0.2, 0.25) is 0 Å². The van der Waals surface area contributed by atoms with Crippen LogP contribution in [0.3, 0.4) is 0 Å². The van der Waals surface area contributed by atoms with Gasteiger partial charge in [0.1, 0.15) is 0 Å². The number of amides is 2. The molecule has 0 saturated carbocycles. The van der Waals surface area contributed by atoms with E-state index in [0.29, 0.717) is 6.54 Å². The van der Waals surface area contributed by atoms with Gasteiger partial charge in [0.05, 0.1) is 0 Å². The molecule has 22 heavy (non-hydrogen) atoms. The lowest BCUT2D eigenvalue weighted by Gasteiger charge is -2.28. The number of benzene rings is 2. The van der Waals surface area contributed by atoms with Gasteiger partial charge in [-0.15, -0.1) is 0 Å². The van der Waals surface area contributed by atoms with Gasteiger partial charge in [-0.2, -0.15) is 0 Å². The van der Waals surface area contributed by atoms with E-state index in [2.05, 4.69) is 39.8 Å². The number of nitrogens with one attached hydrogen (secondary N) is 2. The van der Waals surface area contributed by atoms with Crippen molar-refractivity contribution in [3.8, 4) is 0 Å². The van der Waals surface area contributed by atoms with E-state index in [4.69, 9.17) is 0 Å². The summed E-state index contributed by atoms with van der Waals surface area (Å²) in [6.45, 7) is 3.55. The molecule has 3 rings (SSSR count). The summed E-state index contributed by atoms with van der Waals surface area (Å²) < 4.78 is 0. The second-order valence-corrected chi connectivity index (χ2v) is 5.54. The van der Waals surface area contributed by atoms with Crippen molar-refractivity contribution in [1.82, 2.24) is 10.2 Å². The molecule has 0 bridgehead atoms. The summed E-state index contributed by atoms with van der Waals surface area (Å²) in [6, 6.07) is 17.9. The van der Waals surface area contributed by atoms with Gasteiger partial charge in [0.15, 0.2) is 0 Å². The molecule has 1 aliphatic rings. The van der Waals surface area contributed by atoms with Gasteiger partial charge in [-0.1, -0.05) is 42.5 Å². The van der Waals surface area contributed by atoms with Gasteiger partial charge in [0.2, 0.25) is 0 Å². The Hall–Kier alpha value is -2.33. The Bertz CT molecular complexity index is 627. The fourth-order valence-corrected chi connectivity index (χ4v) is 2.77. The molecule has 0 saturated heterocycles. The average molecular weight is 295 g/mol. The summed E-state index contributed by atoms with van der Waals surface area (Å²) in [5, 5.41) is 5.74. The van der Waals surface area contributed by atoms with E-state index in [1.54, 1.807) is 0 Å². The first-order chi connectivity index (χ1) is 10.8. The summed E-state index contributed by atoms with van der Waals surface area (Å²) in [7, 11) is 0. The lowest BCUT2D eigenvalue weighted by molar-refractivity contribution is 0.239. The first-order valence-corrected chi connectivity index (χ1v) is 7.70. The van der Waals surface area contributed by atoms with Crippen molar-refractivity contribution in [3.63, 3.8) is 0 Å². The molecule has 0 unspecified atom stereocenters. The highest BCUT2D eigenvalue weighted by Gasteiger charge is 2.15. The quantitative estimate of drug-likeness (QED) is 0.911. The largest absolute Gasteiger partial charge is 0.337 e. The SMILES string of the molecule is O=C(NCCN1CCc2ccccc2C1)Nc1ccccc1. The smallest absolute Gasteiger partial charge is 0.319 e. The predicted octanol–water partition coefficient (Wildman–Crippen LogP) is 2.87. The summed E-state index contributed by atoms with van der Waals surface area (Å²) >= 11 is 0. The number of anilines is 1. The number of carbonyl (C=O) groups is 1. The monoisotopic (exact) mass is 295 g/mol. The van der Waals surface area contributed by atoms with Crippen LogP contribution in [0, 0.1) is 0 Å². The molecule has 0 atom stereocenters. The third-order valence-electron chi connectivity index (χ3n) is 3.95. The van der Waals surface area contributed by atoms with Gasteiger partial charge >= 0.3 is 6.03 Å². The molecule has 0 aromatic heterocycles. The summed E-state index contributed by atoms with van der Waals surface area (Å²) in [5.41, 5.74) is 3.67. The number of fused-ring (bicyclic) bond motifs is 1. The fourth-order valence-electron chi connectivity index (χ4n) is 2.77. The highest BCUT2D eigenvalue weighted by atomic mass is 16.2. The van der Waals surface area contributed by atoms with E-state index < -0.39 is 0 Å². The molecule has 2 N–H and O–H groups in total. The second kappa shape index (κ2) is 7.09. The maximum Gasteiger partial charge on any atom is 0.319 e. The van der Waals surface area contributed by atoms with E-state index in [-0.39, 0.29) is 6.03 Å².